The number of anilines is 1. The molecular formula is C12H20N2. The van der Waals surface area contributed by atoms with E-state index in [-0.39, 0.29) is 6.04 Å². The molecule has 1 atom stereocenters. The van der Waals surface area contributed by atoms with Gasteiger partial charge in [0.05, 0.1) is 0 Å². The van der Waals surface area contributed by atoms with Gasteiger partial charge in [-0.25, -0.2) is 0 Å². The molecule has 2 N–H and O–H groups in total. The predicted octanol–water partition coefficient (Wildman–Crippen LogP) is 1.95. The maximum atomic E-state index is 5.81. The van der Waals surface area contributed by atoms with Crippen LogP contribution in [0.5, 0.6) is 0 Å². The van der Waals surface area contributed by atoms with E-state index in [1.54, 1.807) is 0 Å². The number of hydrogen-bond acceptors (Lipinski definition) is 2. The maximum Gasteiger partial charge on any atom is 0.0363 e. The molecule has 78 valence electrons. The zero-order valence-electron chi connectivity index (χ0n) is 9.54. The highest BCUT2D eigenvalue weighted by atomic mass is 15.1. The van der Waals surface area contributed by atoms with Gasteiger partial charge >= 0.3 is 0 Å². The van der Waals surface area contributed by atoms with Crippen molar-refractivity contribution < 1.29 is 0 Å². The van der Waals surface area contributed by atoms with Crippen LogP contribution >= 0.6 is 0 Å². The summed E-state index contributed by atoms with van der Waals surface area (Å²) in [5.41, 5.74) is 9.73. The van der Waals surface area contributed by atoms with Crippen LogP contribution < -0.4 is 10.6 Å². The summed E-state index contributed by atoms with van der Waals surface area (Å²) in [6.45, 7) is 4.18. The molecule has 1 rings (SSSR count). The smallest absolute Gasteiger partial charge is 0.0363 e. The Balaban J connectivity index is 2.96. The van der Waals surface area contributed by atoms with Crippen molar-refractivity contribution in [3.05, 3.63) is 29.3 Å². The van der Waals surface area contributed by atoms with Crippen molar-refractivity contribution in [1.29, 1.82) is 0 Å². The van der Waals surface area contributed by atoms with E-state index in [0.717, 1.165) is 6.42 Å². The molecule has 0 saturated heterocycles. The fraction of sp³-hybridized carbons (Fsp3) is 0.500. The lowest BCUT2D eigenvalue weighted by atomic mass is 10.0. The number of nitrogens with zero attached hydrogens (tertiary/aromatic N) is 1. The number of aryl methyl sites for hydroxylation is 1. The van der Waals surface area contributed by atoms with Gasteiger partial charge in [0.2, 0.25) is 0 Å². The molecule has 0 aliphatic carbocycles. The van der Waals surface area contributed by atoms with E-state index in [2.05, 4.69) is 44.1 Å². The van der Waals surface area contributed by atoms with Crippen LogP contribution in [-0.2, 0) is 6.42 Å². The van der Waals surface area contributed by atoms with Gasteiger partial charge < -0.3 is 10.6 Å². The lowest BCUT2D eigenvalue weighted by molar-refractivity contribution is 0.734. The van der Waals surface area contributed by atoms with Crippen molar-refractivity contribution in [2.24, 2.45) is 5.73 Å². The van der Waals surface area contributed by atoms with Gasteiger partial charge in [0, 0.05) is 25.8 Å². The average molecular weight is 192 g/mol. The van der Waals surface area contributed by atoms with E-state index >= 15 is 0 Å². The average Bonchev–Trinajstić information content (AvgIpc) is 2.07. The summed E-state index contributed by atoms with van der Waals surface area (Å²) in [5.74, 6) is 0. The topological polar surface area (TPSA) is 29.3 Å². The third-order valence-corrected chi connectivity index (χ3v) is 2.39. The first-order valence-corrected chi connectivity index (χ1v) is 5.03. The fourth-order valence-electron chi connectivity index (χ4n) is 1.50. The summed E-state index contributed by atoms with van der Waals surface area (Å²) in [7, 11) is 4.11. The Hall–Kier alpha value is -1.02. The Labute approximate surface area is 86.7 Å². The Kier molecular flexibility index (Phi) is 3.53. The monoisotopic (exact) mass is 192 g/mol. The van der Waals surface area contributed by atoms with Gasteiger partial charge in [0.1, 0.15) is 0 Å². The molecule has 2 nitrogen and oxygen atoms in total. The minimum atomic E-state index is 0.228. The lowest BCUT2D eigenvalue weighted by Gasteiger charge is -2.16. The fourth-order valence-corrected chi connectivity index (χ4v) is 1.50. The van der Waals surface area contributed by atoms with Crippen molar-refractivity contribution in [1.82, 2.24) is 0 Å². The predicted molar refractivity (Wildman–Crippen MR) is 62.9 cm³/mol. The first-order valence-electron chi connectivity index (χ1n) is 5.03. The van der Waals surface area contributed by atoms with Crippen molar-refractivity contribution >= 4 is 5.69 Å². The minimum absolute atomic E-state index is 0.228. The molecule has 0 heterocycles. The van der Waals surface area contributed by atoms with Crippen LogP contribution in [0.4, 0.5) is 5.69 Å². The zero-order chi connectivity index (χ0) is 10.7. The summed E-state index contributed by atoms with van der Waals surface area (Å²) in [4.78, 5) is 2.12. The second kappa shape index (κ2) is 4.47. The standard InChI is InChI=1S/C12H20N2/c1-9-5-6-12(14(3)4)8-11(9)7-10(2)13/h5-6,8,10H,7,13H2,1-4H3. The van der Waals surface area contributed by atoms with Crippen molar-refractivity contribution in [3.63, 3.8) is 0 Å². The number of rotatable bonds is 3. The first kappa shape index (κ1) is 11.1. The number of hydrogen-bond donors (Lipinski definition) is 1. The Morgan fingerprint density at radius 3 is 2.50 bits per heavy atom. The Bertz CT molecular complexity index is 303. The molecule has 1 unspecified atom stereocenters. The molecular weight excluding hydrogens is 172 g/mol. The number of nitrogens with two attached hydrogens (primary N) is 1. The summed E-state index contributed by atoms with van der Waals surface area (Å²) in [6, 6.07) is 6.75. The molecule has 0 aromatic heterocycles. The van der Waals surface area contributed by atoms with E-state index in [1.165, 1.54) is 16.8 Å². The summed E-state index contributed by atoms with van der Waals surface area (Å²) in [5, 5.41) is 0. The van der Waals surface area contributed by atoms with Gasteiger partial charge in [0.25, 0.3) is 0 Å². The zero-order valence-corrected chi connectivity index (χ0v) is 9.54. The molecule has 0 spiro atoms. The van der Waals surface area contributed by atoms with E-state index in [1.807, 2.05) is 6.92 Å². The van der Waals surface area contributed by atoms with E-state index in [0.29, 0.717) is 0 Å². The molecule has 1 aromatic rings. The van der Waals surface area contributed by atoms with E-state index in [9.17, 15) is 0 Å². The third kappa shape index (κ3) is 2.74. The van der Waals surface area contributed by atoms with E-state index < -0.39 is 0 Å². The highest BCUT2D eigenvalue weighted by Gasteiger charge is 2.04. The van der Waals surface area contributed by atoms with Crippen molar-refractivity contribution in [2.45, 2.75) is 26.3 Å². The van der Waals surface area contributed by atoms with Crippen LogP contribution in [0.1, 0.15) is 18.1 Å². The van der Waals surface area contributed by atoms with Gasteiger partial charge in [-0.1, -0.05) is 6.07 Å². The first-order chi connectivity index (χ1) is 6.50. The maximum absolute atomic E-state index is 5.81. The summed E-state index contributed by atoms with van der Waals surface area (Å²) >= 11 is 0. The third-order valence-electron chi connectivity index (χ3n) is 2.39. The highest BCUT2D eigenvalue weighted by Crippen LogP contribution is 2.18. The van der Waals surface area contributed by atoms with Crippen LogP contribution in [0.25, 0.3) is 0 Å². The van der Waals surface area contributed by atoms with Crippen LogP contribution in [0.3, 0.4) is 0 Å². The SMILES string of the molecule is Cc1ccc(N(C)C)cc1CC(C)N. The Morgan fingerprint density at radius 1 is 1.36 bits per heavy atom. The van der Waals surface area contributed by atoms with Gasteiger partial charge in [0.15, 0.2) is 0 Å². The summed E-state index contributed by atoms with van der Waals surface area (Å²) in [6.07, 6.45) is 0.952. The van der Waals surface area contributed by atoms with Crippen LogP contribution in [0.2, 0.25) is 0 Å². The molecule has 0 aliphatic heterocycles. The van der Waals surface area contributed by atoms with Crippen LogP contribution in [0, 0.1) is 6.92 Å². The second-order valence-electron chi connectivity index (χ2n) is 4.19. The molecule has 0 fully saturated rings. The lowest BCUT2D eigenvalue weighted by Crippen LogP contribution is -2.19. The van der Waals surface area contributed by atoms with Gasteiger partial charge in [-0.3, -0.25) is 0 Å². The molecule has 0 saturated carbocycles. The highest BCUT2D eigenvalue weighted by molar-refractivity contribution is 5.49. The normalized spacial score (nSPS) is 12.6. The largest absolute Gasteiger partial charge is 0.378 e. The summed E-state index contributed by atoms with van der Waals surface area (Å²) < 4.78 is 0. The molecule has 2 heteroatoms. The molecule has 0 bridgehead atoms. The second-order valence-corrected chi connectivity index (χ2v) is 4.19. The van der Waals surface area contributed by atoms with Crippen molar-refractivity contribution in [2.75, 3.05) is 19.0 Å². The number of benzene rings is 1. The van der Waals surface area contributed by atoms with Gasteiger partial charge in [-0.2, -0.15) is 0 Å². The van der Waals surface area contributed by atoms with Gasteiger partial charge in [-0.05, 0) is 43.5 Å². The Morgan fingerprint density at radius 2 is 2.00 bits per heavy atom. The molecule has 0 amide bonds. The molecule has 14 heavy (non-hydrogen) atoms. The van der Waals surface area contributed by atoms with Crippen LogP contribution in [0.15, 0.2) is 18.2 Å². The quantitative estimate of drug-likeness (QED) is 0.793. The molecule has 1 aromatic carbocycles. The van der Waals surface area contributed by atoms with Gasteiger partial charge in [-0.15, -0.1) is 0 Å². The van der Waals surface area contributed by atoms with Crippen molar-refractivity contribution in [3.8, 4) is 0 Å². The molecule has 0 aliphatic rings. The minimum Gasteiger partial charge on any atom is -0.378 e. The van der Waals surface area contributed by atoms with E-state index in [4.69, 9.17) is 5.73 Å². The molecule has 0 radical (unpaired) electrons. The van der Waals surface area contributed by atoms with Crippen LogP contribution in [-0.4, -0.2) is 20.1 Å².